The third-order valence-corrected chi connectivity index (χ3v) is 13.7. The quantitative estimate of drug-likeness (QED) is 0.0467. The van der Waals surface area contributed by atoms with Crippen molar-refractivity contribution in [3.8, 4) is 0 Å². The zero-order valence-corrected chi connectivity index (χ0v) is 35.1. The summed E-state index contributed by atoms with van der Waals surface area (Å²) < 4.78 is 48.1. The monoisotopic (exact) mass is 851 g/mol. The van der Waals surface area contributed by atoms with Crippen LogP contribution in [-0.2, 0) is 48.4 Å². The molecule has 1 heterocycles. The summed E-state index contributed by atoms with van der Waals surface area (Å²) in [7, 11) is -8.30. The predicted molar refractivity (Wildman–Crippen MR) is 225 cm³/mol. The first-order valence-electron chi connectivity index (χ1n) is 19.8. The largest absolute Gasteiger partial charge is 0.464 e. The molecule has 0 radical (unpaired) electrons. The number of amides is 3. The molecule has 0 aliphatic heterocycles. The molecule has 15 nitrogen and oxygen atoms in total. The lowest BCUT2D eigenvalue weighted by molar-refractivity contribution is -0.130. The highest BCUT2D eigenvalue weighted by atomic mass is 32.2. The lowest BCUT2D eigenvalue weighted by Gasteiger charge is -2.34. The second-order valence-electron chi connectivity index (χ2n) is 15.4. The van der Waals surface area contributed by atoms with Crippen LogP contribution in [0.25, 0.3) is 10.9 Å². The number of ether oxygens (including phenoxy) is 1. The summed E-state index contributed by atoms with van der Waals surface area (Å²) in [6.45, 7) is 2.10. The second-order valence-corrected chi connectivity index (χ2v) is 19.7. The Bertz CT molecular complexity index is 2230. The third-order valence-electron chi connectivity index (χ3n) is 10.6. The summed E-state index contributed by atoms with van der Waals surface area (Å²) in [6.07, 6.45) is 3.31. The van der Waals surface area contributed by atoms with Gasteiger partial charge in [0, 0.05) is 36.8 Å². The Morgan fingerprint density at radius 1 is 0.881 bits per heavy atom. The van der Waals surface area contributed by atoms with Gasteiger partial charge in [0.05, 0.1) is 17.2 Å². The SMILES string of the molecule is C[C@@H](Cc1cn(C(=O)O)c2ccccc12)NC(=O)C1(CP(=O)(O)[C@H](Cc2ccccc2)NC(=O)[C@H](CCCCNC(=O)OCc2ccccc2)NS(C)(=O)=O)CCCC1. The highest BCUT2D eigenvalue weighted by Crippen LogP contribution is 2.55. The molecule has 3 aromatic carbocycles. The van der Waals surface area contributed by atoms with Crippen LogP contribution in [-0.4, -0.2) is 83.8 Å². The van der Waals surface area contributed by atoms with Gasteiger partial charge in [0.25, 0.3) is 0 Å². The van der Waals surface area contributed by atoms with Crippen LogP contribution in [0.4, 0.5) is 9.59 Å². The van der Waals surface area contributed by atoms with Crippen LogP contribution >= 0.6 is 7.37 Å². The first-order chi connectivity index (χ1) is 28.0. The van der Waals surface area contributed by atoms with Gasteiger partial charge in [-0.15, -0.1) is 0 Å². The van der Waals surface area contributed by atoms with E-state index < -0.39 is 70.8 Å². The zero-order chi connectivity index (χ0) is 42.6. The smallest absolute Gasteiger partial charge is 0.416 e. The van der Waals surface area contributed by atoms with E-state index in [1.54, 1.807) is 49.4 Å². The molecule has 5 rings (SSSR count). The van der Waals surface area contributed by atoms with Gasteiger partial charge in [-0.05, 0) is 68.2 Å². The number of nitrogens with one attached hydrogen (secondary N) is 4. The van der Waals surface area contributed by atoms with Crippen molar-refractivity contribution >= 4 is 52.3 Å². The number of sulfonamides is 1. The number of carboxylic acid groups (broad SMARTS) is 1. The minimum absolute atomic E-state index is 0.0306. The molecule has 0 bridgehead atoms. The minimum Gasteiger partial charge on any atom is -0.464 e. The van der Waals surface area contributed by atoms with E-state index in [4.69, 9.17) is 4.74 Å². The zero-order valence-electron chi connectivity index (χ0n) is 33.3. The molecule has 1 aliphatic rings. The lowest BCUT2D eigenvalue weighted by atomic mass is 9.87. The van der Waals surface area contributed by atoms with Gasteiger partial charge in [-0.3, -0.25) is 18.7 Å². The molecular weight excluding hydrogens is 798 g/mol. The van der Waals surface area contributed by atoms with Crippen molar-refractivity contribution in [3.63, 3.8) is 0 Å². The van der Waals surface area contributed by atoms with Gasteiger partial charge in [0.1, 0.15) is 18.4 Å². The highest BCUT2D eigenvalue weighted by Gasteiger charge is 2.49. The van der Waals surface area contributed by atoms with E-state index in [-0.39, 0.29) is 26.0 Å². The van der Waals surface area contributed by atoms with E-state index in [0.717, 1.165) is 27.3 Å². The summed E-state index contributed by atoms with van der Waals surface area (Å²) in [4.78, 5) is 64.1. The van der Waals surface area contributed by atoms with Gasteiger partial charge in [-0.25, -0.2) is 22.7 Å². The van der Waals surface area contributed by atoms with Gasteiger partial charge in [-0.1, -0.05) is 91.7 Å². The molecule has 1 saturated carbocycles. The predicted octanol–water partition coefficient (Wildman–Crippen LogP) is 5.74. The van der Waals surface area contributed by atoms with Crippen LogP contribution in [0.5, 0.6) is 0 Å². The van der Waals surface area contributed by atoms with E-state index >= 15 is 0 Å². The number of fused-ring (bicyclic) bond motifs is 1. The van der Waals surface area contributed by atoms with E-state index in [0.29, 0.717) is 56.0 Å². The summed E-state index contributed by atoms with van der Waals surface area (Å²) in [5, 5.41) is 18.8. The minimum atomic E-state index is -4.41. The highest BCUT2D eigenvalue weighted by molar-refractivity contribution is 7.88. The van der Waals surface area contributed by atoms with Crippen LogP contribution < -0.4 is 20.7 Å². The molecule has 1 unspecified atom stereocenters. The number of benzene rings is 3. The Hall–Kier alpha value is -5.02. The van der Waals surface area contributed by atoms with Crippen LogP contribution in [0.1, 0.15) is 68.6 Å². The van der Waals surface area contributed by atoms with Crippen molar-refractivity contribution in [1.29, 1.82) is 0 Å². The maximum Gasteiger partial charge on any atom is 0.416 e. The molecule has 4 aromatic rings. The summed E-state index contributed by atoms with van der Waals surface area (Å²) >= 11 is 0. The van der Waals surface area contributed by atoms with Gasteiger partial charge < -0.3 is 30.7 Å². The Kier molecular flexibility index (Phi) is 15.5. The number of carbonyl (C=O) groups excluding carboxylic acids is 3. The lowest BCUT2D eigenvalue weighted by Crippen LogP contribution is -2.51. The fraction of sp³-hybridized carbons (Fsp3) is 0.429. The number of aromatic nitrogens is 1. The molecule has 17 heteroatoms. The molecule has 1 aliphatic carbocycles. The van der Waals surface area contributed by atoms with Crippen molar-refractivity contribution in [2.45, 2.75) is 89.2 Å². The molecule has 0 spiro atoms. The number of carbonyl (C=O) groups is 4. The molecule has 1 aromatic heterocycles. The van der Waals surface area contributed by atoms with Gasteiger partial charge >= 0.3 is 12.2 Å². The number of hydrogen-bond donors (Lipinski definition) is 6. The van der Waals surface area contributed by atoms with Gasteiger partial charge in [0.15, 0.2) is 0 Å². The van der Waals surface area contributed by atoms with Crippen LogP contribution in [0, 0.1) is 5.41 Å². The maximum atomic E-state index is 14.6. The first kappa shape index (κ1) is 45.1. The number of unbranched alkanes of at least 4 members (excludes halogenated alkanes) is 1. The molecule has 59 heavy (non-hydrogen) atoms. The number of nitrogens with zero attached hydrogens (tertiary/aromatic N) is 1. The van der Waals surface area contributed by atoms with Crippen LogP contribution in [0.2, 0.25) is 0 Å². The molecular formula is C42H54N5O10PS. The van der Waals surface area contributed by atoms with Crippen molar-refractivity contribution in [3.05, 3.63) is 108 Å². The Labute approximate surface area is 344 Å². The van der Waals surface area contributed by atoms with Crippen LogP contribution in [0.15, 0.2) is 91.1 Å². The van der Waals surface area contributed by atoms with Crippen LogP contribution in [0.3, 0.4) is 0 Å². The number of rotatable bonds is 20. The van der Waals surface area contributed by atoms with Crippen molar-refractivity contribution < 1.29 is 46.9 Å². The third kappa shape index (κ3) is 13.0. The number of alkyl carbamates (subject to hydrolysis) is 1. The normalized spacial score (nSPS) is 16.3. The van der Waals surface area contributed by atoms with Crippen molar-refractivity contribution in [1.82, 2.24) is 25.2 Å². The molecule has 1 fully saturated rings. The van der Waals surface area contributed by atoms with Gasteiger partial charge in [0.2, 0.25) is 29.2 Å². The maximum absolute atomic E-state index is 14.6. The first-order valence-corrected chi connectivity index (χ1v) is 23.6. The Morgan fingerprint density at radius 2 is 1.51 bits per heavy atom. The van der Waals surface area contributed by atoms with E-state index in [2.05, 4.69) is 20.7 Å². The Balaban J connectivity index is 1.26. The number of para-hydroxylation sites is 1. The second kappa shape index (κ2) is 20.3. The average Bonchev–Trinajstić information content (AvgIpc) is 3.82. The standard InChI is InChI=1S/C42H54N5O10PS/c1-30(25-33-27-47(41(51)52)36-21-10-9-19-34(33)36)44-39(49)42(22-12-13-23-42)29-58(53,54)37(26-31-15-5-3-6-16-31)45-38(48)35(46-59(2,55)56)20-11-14-24-43-40(50)57-28-32-17-7-4-8-18-32/h3-10,15-19,21,27,30,35,37,46H,11-14,20,22-26,28-29H2,1-2H3,(H,43,50)(H,44,49)(H,45,48)(H,51,52)(H,53,54)/t30-,35-,37+/m0/s1. The average molecular weight is 852 g/mol. The molecule has 6 N–H and O–H groups in total. The summed E-state index contributed by atoms with van der Waals surface area (Å²) in [5.74, 6) is -2.54. The molecule has 3 amide bonds. The molecule has 0 saturated heterocycles. The van der Waals surface area contributed by atoms with E-state index in [9.17, 15) is 42.2 Å². The van der Waals surface area contributed by atoms with Crippen molar-refractivity contribution in [2.75, 3.05) is 19.0 Å². The summed E-state index contributed by atoms with van der Waals surface area (Å²) in [5.41, 5.74) is 1.52. The number of hydrogen-bond acceptors (Lipinski definition) is 8. The van der Waals surface area contributed by atoms with Crippen molar-refractivity contribution in [2.24, 2.45) is 5.41 Å². The topological polar surface area (TPSA) is 222 Å². The van der Waals surface area contributed by atoms with Gasteiger partial charge in [-0.2, -0.15) is 0 Å². The fourth-order valence-electron chi connectivity index (χ4n) is 7.72. The van der Waals surface area contributed by atoms with E-state index in [1.807, 2.05) is 42.5 Å². The van der Waals surface area contributed by atoms with E-state index in [1.165, 1.54) is 6.20 Å². The fourth-order valence-corrected chi connectivity index (χ4v) is 10.8. The Morgan fingerprint density at radius 3 is 2.15 bits per heavy atom. The molecule has 318 valence electrons. The summed E-state index contributed by atoms with van der Waals surface area (Å²) in [6, 6.07) is 23.3. The molecule has 4 atom stereocenters.